The normalized spacial score (nSPS) is 53.9. The highest BCUT2D eigenvalue weighted by Gasteiger charge is 2.54. The maximum atomic E-state index is 10.00. The van der Waals surface area contributed by atoms with E-state index in [9.17, 15) is 5.11 Å². The molecular formula is C19H28O. The summed E-state index contributed by atoms with van der Waals surface area (Å²) in [7, 11) is 0. The summed E-state index contributed by atoms with van der Waals surface area (Å²) in [5.41, 5.74) is 2.47. The zero-order valence-electron chi connectivity index (χ0n) is 12.9. The molecule has 0 aromatic rings. The Labute approximate surface area is 123 Å². The van der Waals surface area contributed by atoms with Gasteiger partial charge in [0.05, 0.1) is 6.10 Å². The van der Waals surface area contributed by atoms with Crippen molar-refractivity contribution in [2.75, 3.05) is 0 Å². The molecule has 1 unspecified atom stereocenters. The lowest BCUT2D eigenvalue weighted by molar-refractivity contribution is -0.0263. The van der Waals surface area contributed by atoms with E-state index in [0.717, 1.165) is 30.6 Å². The highest BCUT2D eigenvalue weighted by molar-refractivity contribution is 5.26. The third kappa shape index (κ3) is 1.65. The summed E-state index contributed by atoms with van der Waals surface area (Å²) in [5, 5.41) is 10.00. The van der Waals surface area contributed by atoms with E-state index >= 15 is 0 Å². The number of allylic oxidation sites excluding steroid dienone is 3. The number of rotatable bonds is 0. The van der Waals surface area contributed by atoms with Gasteiger partial charge in [0, 0.05) is 0 Å². The predicted octanol–water partition coefficient (Wildman–Crippen LogP) is 4.48. The molecule has 0 aromatic carbocycles. The third-order valence-electron chi connectivity index (χ3n) is 7.40. The molecule has 1 heteroatoms. The van der Waals surface area contributed by atoms with Crippen molar-refractivity contribution < 1.29 is 5.11 Å². The Morgan fingerprint density at radius 1 is 1.10 bits per heavy atom. The van der Waals surface area contributed by atoms with E-state index in [-0.39, 0.29) is 6.10 Å². The fraction of sp³-hybridized carbons (Fsp3) is 0.789. The van der Waals surface area contributed by atoms with E-state index in [0.29, 0.717) is 10.8 Å². The number of aliphatic hydroxyl groups is 1. The van der Waals surface area contributed by atoms with Crippen molar-refractivity contribution in [2.24, 2.45) is 28.6 Å². The van der Waals surface area contributed by atoms with Crippen LogP contribution in [0.1, 0.15) is 58.8 Å². The summed E-state index contributed by atoms with van der Waals surface area (Å²) in [5.74, 6) is 2.63. The average Bonchev–Trinajstić information content (AvgIpc) is 2.81. The minimum absolute atomic E-state index is 0.0760. The molecule has 4 aliphatic carbocycles. The van der Waals surface area contributed by atoms with Crippen molar-refractivity contribution in [3.63, 3.8) is 0 Å². The van der Waals surface area contributed by atoms with E-state index in [4.69, 9.17) is 0 Å². The monoisotopic (exact) mass is 272 g/mol. The molecule has 0 bridgehead atoms. The van der Waals surface area contributed by atoms with Crippen molar-refractivity contribution in [3.05, 3.63) is 23.8 Å². The Bertz CT molecular complexity index is 476. The second-order valence-corrected chi connectivity index (χ2v) is 8.34. The zero-order valence-corrected chi connectivity index (χ0v) is 12.9. The standard InChI is InChI=1S/C19H28O/c1-18-9-3-4-16(18)15-6-5-13-12-14(20)7-11-19(13,2)17(15)8-10-18/h3,5,9,14-17,20H,4,6-8,10-12H2,1-2H3/t14?,15-,16-,17-,18-,19-/m0/s1. The van der Waals surface area contributed by atoms with E-state index in [2.05, 4.69) is 32.1 Å². The molecule has 2 saturated carbocycles. The lowest BCUT2D eigenvalue weighted by Crippen LogP contribution is -2.49. The largest absolute Gasteiger partial charge is 0.393 e. The fourth-order valence-electron chi connectivity index (χ4n) is 6.12. The van der Waals surface area contributed by atoms with Crippen molar-refractivity contribution >= 4 is 0 Å². The van der Waals surface area contributed by atoms with Gasteiger partial charge in [-0.1, -0.05) is 37.6 Å². The Morgan fingerprint density at radius 2 is 1.95 bits per heavy atom. The minimum atomic E-state index is -0.0760. The molecule has 1 N–H and O–H groups in total. The summed E-state index contributed by atoms with van der Waals surface area (Å²) in [6.07, 6.45) is 15.9. The van der Waals surface area contributed by atoms with Gasteiger partial charge in [-0.15, -0.1) is 0 Å². The van der Waals surface area contributed by atoms with Gasteiger partial charge in [0.15, 0.2) is 0 Å². The van der Waals surface area contributed by atoms with Crippen LogP contribution in [0.3, 0.4) is 0 Å². The molecule has 0 amide bonds. The van der Waals surface area contributed by atoms with Gasteiger partial charge >= 0.3 is 0 Å². The lowest BCUT2D eigenvalue weighted by Gasteiger charge is -2.57. The van der Waals surface area contributed by atoms with Gasteiger partial charge in [-0.05, 0) is 73.5 Å². The van der Waals surface area contributed by atoms with Gasteiger partial charge < -0.3 is 5.11 Å². The molecular weight excluding hydrogens is 244 g/mol. The van der Waals surface area contributed by atoms with Crippen LogP contribution in [0.15, 0.2) is 23.8 Å². The quantitative estimate of drug-likeness (QED) is 0.645. The molecule has 0 aromatic heterocycles. The van der Waals surface area contributed by atoms with Crippen LogP contribution in [0.5, 0.6) is 0 Å². The van der Waals surface area contributed by atoms with Gasteiger partial charge in [0.2, 0.25) is 0 Å². The maximum absolute atomic E-state index is 10.00. The van der Waals surface area contributed by atoms with Crippen LogP contribution < -0.4 is 0 Å². The van der Waals surface area contributed by atoms with Crippen LogP contribution in [0.2, 0.25) is 0 Å². The van der Waals surface area contributed by atoms with Crippen LogP contribution in [-0.2, 0) is 0 Å². The van der Waals surface area contributed by atoms with E-state index in [1.165, 1.54) is 32.1 Å². The van der Waals surface area contributed by atoms with Gasteiger partial charge in [-0.2, -0.15) is 0 Å². The summed E-state index contributed by atoms with van der Waals surface area (Å²) in [4.78, 5) is 0. The Hall–Kier alpha value is -0.560. The van der Waals surface area contributed by atoms with Crippen LogP contribution in [0, 0.1) is 28.6 Å². The molecule has 0 spiro atoms. The number of hydrogen-bond acceptors (Lipinski definition) is 1. The third-order valence-corrected chi connectivity index (χ3v) is 7.40. The predicted molar refractivity (Wildman–Crippen MR) is 82.2 cm³/mol. The first-order chi connectivity index (χ1) is 9.53. The van der Waals surface area contributed by atoms with Gasteiger partial charge in [-0.25, -0.2) is 0 Å². The number of aliphatic hydroxyl groups excluding tert-OH is 1. The summed E-state index contributed by atoms with van der Waals surface area (Å²) in [6, 6.07) is 0. The van der Waals surface area contributed by atoms with E-state index < -0.39 is 0 Å². The van der Waals surface area contributed by atoms with Crippen molar-refractivity contribution in [1.82, 2.24) is 0 Å². The van der Waals surface area contributed by atoms with Crippen molar-refractivity contribution in [1.29, 1.82) is 0 Å². The molecule has 20 heavy (non-hydrogen) atoms. The first-order valence-electron chi connectivity index (χ1n) is 8.58. The van der Waals surface area contributed by atoms with Crippen LogP contribution in [0.4, 0.5) is 0 Å². The highest BCUT2D eigenvalue weighted by atomic mass is 16.3. The minimum Gasteiger partial charge on any atom is -0.393 e. The maximum Gasteiger partial charge on any atom is 0.0577 e. The van der Waals surface area contributed by atoms with Gasteiger partial charge in [-0.3, -0.25) is 0 Å². The average molecular weight is 272 g/mol. The van der Waals surface area contributed by atoms with Gasteiger partial charge in [0.1, 0.15) is 0 Å². The molecule has 1 nitrogen and oxygen atoms in total. The Balaban J connectivity index is 1.68. The van der Waals surface area contributed by atoms with E-state index in [1.54, 1.807) is 5.57 Å². The zero-order chi connectivity index (χ0) is 14.0. The second-order valence-electron chi connectivity index (χ2n) is 8.34. The second kappa shape index (κ2) is 4.22. The van der Waals surface area contributed by atoms with Crippen LogP contribution >= 0.6 is 0 Å². The Morgan fingerprint density at radius 3 is 2.80 bits per heavy atom. The van der Waals surface area contributed by atoms with Crippen LogP contribution in [0.25, 0.3) is 0 Å². The first kappa shape index (κ1) is 13.1. The fourth-order valence-corrected chi connectivity index (χ4v) is 6.12. The van der Waals surface area contributed by atoms with Gasteiger partial charge in [0.25, 0.3) is 0 Å². The summed E-state index contributed by atoms with van der Waals surface area (Å²) >= 11 is 0. The SMILES string of the molecule is C[C@@]12C=CC[C@H]1[C@@H]1CC=C3CC(O)CC[C@]3(C)[C@H]1CC2. The number of fused-ring (bicyclic) bond motifs is 5. The molecule has 0 heterocycles. The molecule has 0 saturated heterocycles. The topological polar surface area (TPSA) is 20.2 Å². The molecule has 0 aliphatic heterocycles. The van der Waals surface area contributed by atoms with Crippen molar-refractivity contribution in [2.45, 2.75) is 64.9 Å². The highest BCUT2D eigenvalue weighted by Crippen LogP contribution is 2.63. The van der Waals surface area contributed by atoms with Crippen molar-refractivity contribution in [3.8, 4) is 0 Å². The lowest BCUT2D eigenvalue weighted by atomic mass is 9.48. The smallest absolute Gasteiger partial charge is 0.0577 e. The molecule has 4 rings (SSSR count). The molecule has 110 valence electrons. The van der Waals surface area contributed by atoms with E-state index in [1.807, 2.05) is 0 Å². The molecule has 0 radical (unpaired) electrons. The van der Waals surface area contributed by atoms with Crippen LogP contribution in [-0.4, -0.2) is 11.2 Å². The summed E-state index contributed by atoms with van der Waals surface area (Å²) < 4.78 is 0. The molecule has 2 fully saturated rings. The first-order valence-corrected chi connectivity index (χ1v) is 8.58. The molecule has 6 atom stereocenters. The Kier molecular flexibility index (Phi) is 2.77. The summed E-state index contributed by atoms with van der Waals surface area (Å²) in [6.45, 7) is 5.00. The molecule has 4 aliphatic rings. The number of hydrogen-bond donors (Lipinski definition) is 1.